The molecule has 4 unspecified atom stereocenters. The van der Waals surface area contributed by atoms with Crippen LogP contribution < -0.4 is 10.6 Å². The summed E-state index contributed by atoms with van der Waals surface area (Å²) in [5, 5.41) is 7.64. The van der Waals surface area contributed by atoms with Crippen LogP contribution in [0.15, 0.2) is 97.3 Å². The maximum atomic E-state index is 14.1. The van der Waals surface area contributed by atoms with E-state index in [-0.39, 0.29) is 29.8 Å². The maximum absolute atomic E-state index is 14.1. The molecule has 62 heavy (non-hydrogen) atoms. The van der Waals surface area contributed by atoms with E-state index in [0.29, 0.717) is 31.9 Å². The molecule has 4 amide bonds. The van der Waals surface area contributed by atoms with Crippen molar-refractivity contribution in [1.29, 1.82) is 0 Å². The third kappa shape index (κ3) is 8.90. The van der Waals surface area contributed by atoms with Crippen molar-refractivity contribution in [2.24, 2.45) is 5.92 Å². The van der Waals surface area contributed by atoms with E-state index in [2.05, 4.69) is 86.0 Å². The van der Waals surface area contributed by atoms with Crippen molar-refractivity contribution in [3.63, 3.8) is 0 Å². The highest BCUT2D eigenvalue weighted by atomic mass is 16.5. The van der Waals surface area contributed by atoms with Crippen molar-refractivity contribution >= 4 is 34.8 Å². The molecule has 4 heterocycles. The number of aromatic nitrogens is 4. The summed E-state index contributed by atoms with van der Waals surface area (Å²) in [6, 6.07) is 27.5. The molecule has 0 radical (unpaired) electrons. The monoisotopic (exact) mass is 836 g/mol. The van der Waals surface area contributed by atoms with Crippen LogP contribution in [0.1, 0.15) is 79.9 Å². The Bertz CT molecular complexity index is 2580. The van der Waals surface area contributed by atoms with Crippen molar-refractivity contribution in [2.75, 3.05) is 33.9 Å². The molecule has 14 nitrogen and oxygen atoms in total. The zero-order valence-electron chi connectivity index (χ0n) is 35.4. The molecular formula is C48H52N8O6. The molecule has 0 saturated carbocycles. The molecule has 0 bridgehead atoms. The third-order valence-corrected chi connectivity index (χ3v) is 12.1. The number of aryl methyl sites for hydroxylation is 1. The van der Waals surface area contributed by atoms with Gasteiger partial charge in [-0.25, -0.2) is 19.6 Å². The normalized spacial score (nSPS) is 17.2. The molecule has 4 aromatic carbocycles. The summed E-state index contributed by atoms with van der Waals surface area (Å²) < 4.78 is 9.52. The zero-order valence-corrected chi connectivity index (χ0v) is 35.4. The number of fused-ring (bicyclic) bond motifs is 1. The fourth-order valence-electron chi connectivity index (χ4n) is 8.75. The van der Waals surface area contributed by atoms with E-state index in [9.17, 15) is 19.2 Å². The summed E-state index contributed by atoms with van der Waals surface area (Å²) in [5.74, 6) is 1.32. The molecule has 2 aromatic heterocycles. The summed E-state index contributed by atoms with van der Waals surface area (Å²) >= 11 is 0. The van der Waals surface area contributed by atoms with E-state index < -0.39 is 18.2 Å². The minimum atomic E-state index is -0.882. The van der Waals surface area contributed by atoms with E-state index in [4.69, 9.17) is 14.7 Å². The number of alkyl carbamates (subject to hydrolysis) is 2. The Morgan fingerprint density at radius 3 is 1.95 bits per heavy atom. The van der Waals surface area contributed by atoms with Gasteiger partial charge in [-0.15, -0.1) is 0 Å². The largest absolute Gasteiger partial charge is 0.453 e. The van der Waals surface area contributed by atoms with Gasteiger partial charge < -0.3 is 39.9 Å². The quantitative estimate of drug-likeness (QED) is 0.0951. The topological polar surface area (TPSA) is 175 Å². The molecule has 4 atom stereocenters. The van der Waals surface area contributed by atoms with Crippen LogP contribution in [0.2, 0.25) is 0 Å². The lowest BCUT2D eigenvalue weighted by atomic mass is 9.98. The van der Waals surface area contributed by atoms with Crippen LogP contribution in [0.4, 0.5) is 9.59 Å². The van der Waals surface area contributed by atoms with Crippen LogP contribution in [0.25, 0.3) is 44.4 Å². The maximum Gasteiger partial charge on any atom is 0.407 e. The summed E-state index contributed by atoms with van der Waals surface area (Å²) in [6.07, 6.45) is 6.15. The number of methoxy groups -OCH3 is 2. The number of nitrogens with zero attached hydrogens (tertiary/aromatic N) is 4. The number of benzene rings is 4. The molecule has 2 aliphatic rings. The number of H-pyrrole nitrogens is 2. The van der Waals surface area contributed by atoms with Crippen LogP contribution >= 0.6 is 0 Å². The molecule has 14 heteroatoms. The number of likely N-dealkylation sites (tertiary alicyclic amines) is 2. The molecule has 0 aliphatic carbocycles. The van der Waals surface area contributed by atoms with Gasteiger partial charge in [0.2, 0.25) is 5.91 Å². The summed E-state index contributed by atoms with van der Waals surface area (Å²) in [5.41, 5.74) is 7.55. The first-order chi connectivity index (χ1) is 30.1. The Hall–Kier alpha value is -6.96. The van der Waals surface area contributed by atoms with Crippen LogP contribution in [0.3, 0.4) is 0 Å². The van der Waals surface area contributed by atoms with Crippen molar-refractivity contribution in [2.45, 2.75) is 64.1 Å². The first-order valence-electron chi connectivity index (χ1n) is 21.2. The van der Waals surface area contributed by atoms with Gasteiger partial charge in [0.25, 0.3) is 5.91 Å². The molecule has 320 valence electrons. The highest BCUT2D eigenvalue weighted by molar-refractivity contribution is 5.91. The number of hydrogen-bond acceptors (Lipinski definition) is 8. The zero-order chi connectivity index (χ0) is 43.3. The van der Waals surface area contributed by atoms with E-state index in [1.807, 2.05) is 55.4 Å². The standard InChI is InChI=1S/C48H52N8O6/c1-29(26-51-47(59)61-3)23-42(57)55-21-7-11-40(55)44-50-28-39(53-44)36-20-19-34-24-33(17-18-35(34)25-36)31-13-15-32(16-14-31)38-27-49-45(52-38)41-12-8-22-56(41)46(58)43(54-48(60)62-4)37-10-6-5-9-30(37)2/h5-6,9-10,13-20,24-25,27-29,40-41,43H,7-8,11-12,21-23,26H2,1-4H3,(H,49,52)(H,50,53)(H,51,59)(H,54,60). The second-order valence-electron chi connectivity index (χ2n) is 16.3. The number of carbonyl (C=O) groups excluding carboxylic acids is 4. The smallest absolute Gasteiger partial charge is 0.407 e. The van der Waals surface area contributed by atoms with Gasteiger partial charge in [-0.3, -0.25) is 9.59 Å². The van der Waals surface area contributed by atoms with Crippen molar-refractivity contribution in [3.05, 3.63) is 120 Å². The Kier molecular flexibility index (Phi) is 12.4. The number of nitrogens with one attached hydrogen (secondary N) is 4. The van der Waals surface area contributed by atoms with Crippen LogP contribution in [-0.2, 0) is 19.1 Å². The van der Waals surface area contributed by atoms with Gasteiger partial charge >= 0.3 is 12.2 Å². The number of imidazole rings is 2. The van der Waals surface area contributed by atoms with Crippen molar-refractivity contribution in [3.8, 4) is 33.6 Å². The summed E-state index contributed by atoms with van der Waals surface area (Å²) in [6.45, 7) is 5.47. The average molecular weight is 837 g/mol. The van der Waals surface area contributed by atoms with Gasteiger partial charge in [0.05, 0.1) is 50.1 Å². The highest BCUT2D eigenvalue weighted by Crippen LogP contribution is 2.36. The average Bonchev–Trinajstić information content (AvgIpc) is 4.14. The number of carbonyl (C=O) groups is 4. The minimum Gasteiger partial charge on any atom is -0.453 e. The lowest BCUT2D eigenvalue weighted by Crippen LogP contribution is -2.43. The third-order valence-electron chi connectivity index (χ3n) is 12.1. The molecule has 8 rings (SSSR count). The van der Waals surface area contributed by atoms with Gasteiger partial charge in [-0.1, -0.05) is 79.7 Å². The summed E-state index contributed by atoms with van der Waals surface area (Å²) in [4.78, 5) is 71.3. The van der Waals surface area contributed by atoms with Gasteiger partial charge in [-0.05, 0) is 89.2 Å². The van der Waals surface area contributed by atoms with Crippen LogP contribution in [0, 0.1) is 12.8 Å². The Balaban J connectivity index is 0.924. The highest BCUT2D eigenvalue weighted by Gasteiger charge is 2.38. The number of aromatic amines is 2. The molecule has 2 aliphatic heterocycles. The summed E-state index contributed by atoms with van der Waals surface area (Å²) in [7, 11) is 2.61. The fourth-order valence-corrected chi connectivity index (χ4v) is 8.75. The van der Waals surface area contributed by atoms with Gasteiger partial charge in [0.1, 0.15) is 17.7 Å². The van der Waals surface area contributed by atoms with Gasteiger partial charge in [0.15, 0.2) is 0 Å². The predicted octanol–water partition coefficient (Wildman–Crippen LogP) is 8.40. The molecule has 4 N–H and O–H groups in total. The molecular weight excluding hydrogens is 785 g/mol. The Morgan fingerprint density at radius 1 is 0.726 bits per heavy atom. The molecule has 2 fully saturated rings. The van der Waals surface area contributed by atoms with E-state index in [1.165, 1.54) is 14.2 Å². The Morgan fingerprint density at radius 2 is 1.29 bits per heavy atom. The SMILES string of the molecule is COC(=O)NCC(C)CC(=O)N1CCCC1c1ncc(-c2ccc3cc(-c4ccc(-c5cnc(C6CCCN6C(=O)C(NC(=O)OC)c6ccccc6C)[nH]5)cc4)ccc3c2)[nH]1. The lowest BCUT2D eigenvalue weighted by Gasteiger charge is -2.29. The first-order valence-corrected chi connectivity index (χ1v) is 21.2. The minimum absolute atomic E-state index is 0.0251. The number of hydrogen-bond donors (Lipinski definition) is 4. The molecule has 2 saturated heterocycles. The van der Waals surface area contributed by atoms with Crippen LogP contribution in [-0.4, -0.2) is 87.6 Å². The number of rotatable bonds is 12. The number of ether oxygens (including phenoxy) is 2. The van der Waals surface area contributed by atoms with Gasteiger partial charge in [0, 0.05) is 31.6 Å². The Labute approximate surface area is 360 Å². The predicted molar refractivity (Wildman–Crippen MR) is 236 cm³/mol. The van der Waals surface area contributed by atoms with Crippen LogP contribution in [0.5, 0.6) is 0 Å². The van der Waals surface area contributed by atoms with E-state index in [1.54, 1.807) is 4.90 Å². The van der Waals surface area contributed by atoms with Crippen molar-refractivity contribution < 1.29 is 28.7 Å². The molecule has 0 spiro atoms. The number of amides is 4. The second-order valence-corrected chi connectivity index (χ2v) is 16.3. The molecule has 6 aromatic rings. The van der Waals surface area contributed by atoms with Crippen molar-refractivity contribution in [1.82, 2.24) is 40.4 Å². The second kappa shape index (κ2) is 18.3. The van der Waals surface area contributed by atoms with E-state index >= 15 is 0 Å². The van der Waals surface area contributed by atoms with E-state index in [0.717, 1.165) is 87.0 Å². The van der Waals surface area contributed by atoms with Gasteiger partial charge in [-0.2, -0.15) is 0 Å². The first kappa shape index (κ1) is 41.8. The fraction of sp³-hybridized carbons (Fsp3) is 0.333. The lowest BCUT2D eigenvalue weighted by molar-refractivity contribution is -0.135.